The molecule has 0 rings (SSSR count). The van der Waals surface area contributed by atoms with E-state index in [2.05, 4.69) is 43.4 Å². The summed E-state index contributed by atoms with van der Waals surface area (Å²) < 4.78 is 16.7. The number of carbonyl (C=O) groups excluding carboxylic acids is 3. The normalized spacial score (nSPS) is 13.6. The van der Waals surface area contributed by atoms with Gasteiger partial charge in [0.15, 0.2) is 6.10 Å². The standard InChI is InChI=1S/C35H61NO7/c1-6-8-10-11-12-13-14-15-16-17-18-19-20-21-22-23-24-26-34(38)43-31(30-42-33(37)25-9-7-2)29-41-28-27-32(35(39)40)36(3,4)5/h8,10,12-13,15-16,31-32H,6-7,9,11,14,17-30H2,1-5H3/b10-8-,13-12-,16-15-. The van der Waals surface area contributed by atoms with Crippen LogP contribution in [0.3, 0.4) is 0 Å². The molecule has 0 aliphatic heterocycles. The van der Waals surface area contributed by atoms with Crippen LogP contribution in [0.1, 0.15) is 117 Å². The van der Waals surface area contributed by atoms with Crippen LogP contribution in [0.2, 0.25) is 0 Å². The molecule has 43 heavy (non-hydrogen) atoms. The monoisotopic (exact) mass is 607 g/mol. The molecule has 0 N–H and O–H groups in total. The predicted molar refractivity (Wildman–Crippen MR) is 171 cm³/mol. The van der Waals surface area contributed by atoms with Crippen molar-refractivity contribution in [2.75, 3.05) is 41.0 Å². The molecule has 0 spiro atoms. The Kier molecular flexibility index (Phi) is 25.6. The fourth-order valence-electron chi connectivity index (χ4n) is 4.41. The highest BCUT2D eigenvalue weighted by atomic mass is 16.6. The fraction of sp³-hybridized carbons (Fsp3) is 0.743. The van der Waals surface area contributed by atoms with Crippen molar-refractivity contribution in [3.8, 4) is 0 Å². The number of hydrogen-bond acceptors (Lipinski definition) is 7. The number of carboxylic acids is 1. The van der Waals surface area contributed by atoms with Crippen molar-refractivity contribution in [1.29, 1.82) is 0 Å². The number of unbranched alkanes of at least 4 members (excludes halogenated alkanes) is 8. The number of rotatable bonds is 28. The van der Waals surface area contributed by atoms with Gasteiger partial charge in [0.05, 0.1) is 40.3 Å². The molecule has 8 nitrogen and oxygen atoms in total. The van der Waals surface area contributed by atoms with Crippen molar-refractivity contribution < 1.29 is 38.2 Å². The summed E-state index contributed by atoms with van der Waals surface area (Å²) in [7, 11) is 5.36. The second-order valence-corrected chi connectivity index (χ2v) is 12.0. The third-order valence-electron chi connectivity index (χ3n) is 7.04. The lowest BCUT2D eigenvalue weighted by Gasteiger charge is -2.34. The summed E-state index contributed by atoms with van der Waals surface area (Å²) in [5, 5.41) is 11.5. The summed E-state index contributed by atoms with van der Waals surface area (Å²) >= 11 is 0. The molecular formula is C35H61NO7. The van der Waals surface area contributed by atoms with E-state index < -0.39 is 18.1 Å². The van der Waals surface area contributed by atoms with Crippen LogP contribution in [0, 0.1) is 0 Å². The van der Waals surface area contributed by atoms with Crippen LogP contribution in [0.15, 0.2) is 36.5 Å². The molecule has 0 aliphatic carbocycles. The quantitative estimate of drug-likeness (QED) is 0.0450. The Balaban J connectivity index is 4.21. The zero-order valence-electron chi connectivity index (χ0n) is 27.9. The van der Waals surface area contributed by atoms with Gasteiger partial charge in [0.2, 0.25) is 0 Å². The van der Waals surface area contributed by atoms with E-state index in [1.807, 2.05) is 6.92 Å². The van der Waals surface area contributed by atoms with Gasteiger partial charge in [-0.05, 0) is 44.9 Å². The number of carboxylic acid groups (broad SMARTS) is 1. The van der Waals surface area contributed by atoms with E-state index in [1.165, 1.54) is 19.3 Å². The second-order valence-electron chi connectivity index (χ2n) is 12.0. The van der Waals surface area contributed by atoms with Crippen LogP contribution in [-0.2, 0) is 28.6 Å². The van der Waals surface area contributed by atoms with E-state index in [4.69, 9.17) is 14.2 Å². The van der Waals surface area contributed by atoms with Crippen LogP contribution >= 0.6 is 0 Å². The molecule has 2 unspecified atom stereocenters. The molecule has 0 fully saturated rings. The van der Waals surface area contributed by atoms with Crippen molar-refractivity contribution in [1.82, 2.24) is 0 Å². The topological polar surface area (TPSA) is 102 Å². The van der Waals surface area contributed by atoms with Crippen LogP contribution in [0.25, 0.3) is 0 Å². The summed E-state index contributed by atoms with van der Waals surface area (Å²) in [6, 6.07) is -0.722. The number of esters is 2. The maximum absolute atomic E-state index is 12.5. The zero-order valence-corrected chi connectivity index (χ0v) is 27.9. The molecule has 0 aromatic heterocycles. The highest BCUT2D eigenvalue weighted by Gasteiger charge is 2.25. The maximum Gasteiger partial charge on any atom is 0.306 e. The summed E-state index contributed by atoms with van der Waals surface area (Å²) in [6.45, 7) is 4.27. The van der Waals surface area contributed by atoms with Crippen LogP contribution < -0.4 is 5.11 Å². The Morgan fingerprint density at radius 3 is 1.91 bits per heavy atom. The lowest BCUT2D eigenvalue weighted by molar-refractivity contribution is -0.889. The Morgan fingerprint density at radius 1 is 0.721 bits per heavy atom. The molecule has 8 heteroatoms. The van der Waals surface area contributed by atoms with E-state index in [-0.39, 0.29) is 42.7 Å². The van der Waals surface area contributed by atoms with Gasteiger partial charge in [0.25, 0.3) is 0 Å². The molecule has 0 aromatic rings. The van der Waals surface area contributed by atoms with E-state index in [9.17, 15) is 19.5 Å². The predicted octanol–water partition coefficient (Wildman–Crippen LogP) is 6.23. The third kappa shape index (κ3) is 25.7. The molecular weight excluding hydrogens is 546 g/mol. The first-order valence-electron chi connectivity index (χ1n) is 16.5. The number of likely N-dealkylation sites (N-methyl/N-ethyl adjacent to an activating group) is 1. The Labute approximate surface area is 262 Å². The van der Waals surface area contributed by atoms with Gasteiger partial charge < -0.3 is 28.6 Å². The summed E-state index contributed by atoms with van der Waals surface area (Å²) in [5.74, 6) is -1.80. The minimum absolute atomic E-state index is 0.0340. The van der Waals surface area contributed by atoms with Gasteiger partial charge in [0.1, 0.15) is 12.6 Å². The Bertz CT molecular complexity index is 813. The highest BCUT2D eigenvalue weighted by Crippen LogP contribution is 2.12. The van der Waals surface area contributed by atoms with Gasteiger partial charge in [-0.25, -0.2) is 0 Å². The van der Waals surface area contributed by atoms with Crippen LogP contribution in [0.5, 0.6) is 0 Å². The van der Waals surface area contributed by atoms with Crippen molar-refractivity contribution in [3.05, 3.63) is 36.5 Å². The van der Waals surface area contributed by atoms with E-state index in [0.29, 0.717) is 12.8 Å². The molecule has 0 bridgehead atoms. The lowest BCUT2D eigenvalue weighted by Crippen LogP contribution is -2.55. The first kappa shape index (κ1) is 40.5. The van der Waals surface area contributed by atoms with E-state index in [0.717, 1.165) is 64.2 Å². The Hall–Kier alpha value is -2.45. The highest BCUT2D eigenvalue weighted by molar-refractivity contribution is 5.70. The lowest BCUT2D eigenvalue weighted by atomic mass is 10.1. The molecule has 0 heterocycles. The number of ether oxygens (including phenoxy) is 3. The molecule has 248 valence electrons. The van der Waals surface area contributed by atoms with E-state index >= 15 is 0 Å². The van der Waals surface area contributed by atoms with Gasteiger partial charge in [-0.15, -0.1) is 0 Å². The number of aliphatic carboxylic acids is 1. The third-order valence-corrected chi connectivity index (χ3v) is 7.04. The number of carbonyl (C=O) groups is 3. The number of allylic oxidation sites excluding steroid dienone is 6. The fourth-order valence-corrected chi connectivity index (χ4v) is 4.41. The minimum atomic E-state index is -1.13. The molecule has 2 atom stereocenters. The van der Waals surface area contributed by atoms with Gasteiger partial charge in [-0.3, -0.25) is 9.59 Å². The number of hydrogen-bond donors (Lipinski definition) is 0. The summed E-state index contributed by atoms with van der Waals surface area (Å²) in [5.41, 5.74) is 0. The SMILES string of the molecule is CC/C=C\C/C=C\C/C=C\CCCCCCCCCC(=O)OC(COCCC(C(=O)[O-])[N+](C)(C)C)COC(=O)CCCC. The average Bonchev–Trinajstić information content (AvgIpc) is 2.95. The molecule has 0 saturated carbocycles. The number of nitrogens with zero attached hydrogens (tertiary/aromatic N) is 1. The Morgan fingerprint density at radius 2 is 1.30 bits per heavy atom. The van der Waals surface area contributed by atoms with Crippen molar-refractivity contribution in [2.24, 2.45) is 0 Å². The zero-order chi connectivity index (χ0) is 32.2. The first-order chi connectivity index (χ1) is 20.6. The molecule has 0 radical (unpaired) electrons. The van der Waals surface area contributed by atoms with Crippen molar-refractivity contribution >= 4 is 17.9 Å². The molecule has 0 aromatic carbocycles. The van der Waals surface area contributed by atoms with E-state index in [1.54, 1.807) is 21.1 Å². The van der Waals surface area contributed by atoms with Gasteiger partial charge >= 0.3 is 11.9 Å². The van der Waals surface area contributed by atoms with Gasteiger partial charge in [-0.1, -0.05) is 88.8 Å². The van der Waals surface area contributed by atoms with Crippen molar-refractivity contribution in [3.63, 3.8) is 0 Å². The average molecular weight is 608 g/mol. The summed E-state index contributed by atoms with van der Waals surface area (Å²) in [6.07, 6.45) is 27.0. The minimum Gasteiger partial charge on any atom is -0.544 e. The number of quaternary nitrogens is 1. The van der Waals surface area contributed by atoms with Crippen LogP contribution in [0.4, 0.5) is 0 Å². The van der Waals surface area contributed by atoms with Gasteiger partial charge in [-0.2, -0.15) is 0 Å². The maximum atomic E-state index is 12.5. The first-order valence-corrected chi connectivity index (χ1v) is 16.5. The molecule has 0 amide bonds. The second kappa shape index (κ2) is 27.1. The molecule has 0 aliphatic rings. The smallest absolute Gasteiger partial charge is 0.306 e. The van der Waals surface area contributed by atoms with Crippen molar-refractivity contribution in [2.45, 2.75) is 129 Å². The summed E-state index contributed by atoms with van der Waals surface area (Å²) in [4.78, 5) is 35.9. The van der Waals surface area contributed by atoms with Crippen LogP contribution in [-0.4, -0.2) is 75.5 Å². The largest absolute Gasteiger partial charge is 0.544 e. The molecule has 0 saturated heterocycles. The van der Waals surface area contributed by atoms with Gasteiger partial charge in [0, 0.05) is 19.3 Å².